The van der Waals surface area contributed by atoms with Crippen molar-refractivity contribution in [1.29, 1.82) is 0 Å². The van der Waals surface area contributed by atoms with Crippen LogP contribution in [0.25, 0.3) is 0 Å². The number of sulfonamides is 1. The molecule has 0 aliphatic heterocycles. The first-order valence-electron chi connectivity index (χ1n) is 11.7. The lowest BCUT2D eigenvalue weighted by Gasteiger charge is -2.30. The Kier molecular flexibility index (Phi) is 10.5. The summed E-state index contributed by atoms with van der Waals surface area (Å²) in [5, 5.41) is 12.1. The van der Waals surface area contributed by atoms with Crippen molar-refractivity contribution in [3.05, 3.63) is 60.2 Å². The van der Waals surface area contributed by atoms with E-state index in [1.54, 1.807) is 51.1 Å². The zero-order valence-electron chi connectivity index (χ0n) is 21.2. The fraction of sp³-hybridized carbons (Fsp3) is 0.440. The molecule has 2 N–H and O–H groups in total. The molecule has 2 aromatic carbocycles. The highest BCUT2D eigenvalue weighted by Crippen LogP contribution is 2.33. The summed E-state index contributed by atoms with van der Waals surface area (Å²) in [6, 6.07) is 11.8. The number of para-hydroxylation sites is 1. The number of nitrogens with one attached hydrogen (secondary N) is 1. The molecule has 2 aromatic rings. The molecule has 13 heteroatoms. The Morgan fingerprint density at radius 2 is 1.63 bits per heavy atom. The molecular formula is C25H31F3N2O7S. The molecule has 1 unspecified atom stereocenters. The topological polar surface area (TPSA) is 122 Å². The summed E-state index contributed by atoms with van der Waals surface area (Å²) < 4.78 is 75.9. The van der Waals surface area contributed by atoms with E-state index in [0.29, 0.717) is 9.87 Å². The van der Waals surface area contributed by atoms with Gasteiger partial charge in [0.2, 0.25) is 10.0 Å². The van der Waals surface area contributed by atoms with Crippen molar-refractivity contribution in [3.8, 4) is 5.75 Å². The Balaban J connectivity index is 2.39. The van der Waals surface area contributed by atoms with Crippen LogP contribution in [0.2, 0.25) is 0 Å². The zero-order valence-corrected chi connectivity index (χ0v) is 22.0. The predicted molar refractivity (Wildman–Crippen MR) is 132 cm³/mol. The van der Waals surface area contributed by atoms with Gasteiger partial charge >= 0.3 is 18.4 Å². The molecule has 2 rings (SSSR count). The van der Waals surface area contributed by atoms with Gasteiger partial charge in [0.15, 0.2) is 0 Å². The van der Waals surface area contributed by atoms with E-state index in [2.05, 4.69) is 10.1 Å². The smallest absolute Gasteiger partial charge is 0.480 e. The lowest BCUT2D eigenvalue weighted by atomic mass is 10.0. The van der Waals surface area contributed by atoms with Crippen LogP contribution >= 0.6 is 0 Å². The number of alkyl halides is 3. The maximum Gasteiger partial charge on any atom is 0.573 e. The molecule has 0 aromatic heterocycles. The summed E-state index contributed by atoms with van der Waals surface area (Å²) in [5.41, 5.74) is -0.0407. The molecule has 0 radical (unpaired) electrons. The van der Waals surface area contributed by atoms with Gasteiger partial charge in [-0.15, -0.1) is 13.2 Å². The van der Waals surface area contributed by atoms with Gasteiger partial charge in [-0.25, -0.2) is 13.2 Å². The molecule has 210 valence electrons. The van der Waals surface area contributed by atoms with Crippen molar-refractivity contribution in [2.45, 2.75) is 62.9 Å². The molecule has 1 atom stereocenters. The van der Waals surface area contributed by atoms with Gasteiger partial charge in [-0.05, 0) is 57.7 Å². The number of nitrogens with zero attached hydrogens (tertiary/aromatic N) is 1. The maximum atomic E-state index is 13.6. The standard InChI is InChI=1S/C25H31F3N2O7S/c1-24(2,3)37-23(33)29-15-9-12-19(16-18-10-5-4-6-11-18)30(17-22(31)32)38(34,35)21-14-8-7-13-20(21)36-25(26,27)28/h4-8,10-11,13-14,19H,9,12,15-17H2,1-3H3,(H,29,33)(H,31,32). The summed E-state index contributed by atoms with van der Waals surface area (Å²) >= 11 is 0. The highest BCUT2D eigenvalue weighted by molar-refractivity contribution is 7.89. The maximum absolute atomic E-state index is 13.6. The molecule has 0 aliphatic carbocycles. The van der Waals surface area contributed by atoms with E-state index in [0.717, 1.165) is 12.1 Å². The van der Waals surface area contributed by atoms with Crippen LogP contribution in [0.3, 0.4) is 0 Å². The number of benzene rings is 2. The van der Waals surface area contributed by atoms with Crippen molar-refractivity contribution in [3.63, 3.8) is 0 Å². The second-order valence-electron chi connectivity index (χ2n) is 9.35. The number of hydrogen-bond acceptors (Lipinski definition) is 6. The van der Waals surface area contributed by atoms with E-state index < -0.39 is 57.3 Å². The number of ether oxygens (including phenoxy) is 2. The van der Waals surface area contributed by atoms with E-state index in [4.69, 9.17) is 4.74 Å². The molecule has 0 aliphatic rings. The predicted octanol–water partition coefficient (Wildman–Crippen LogP) is 4.58. The average Bonchev–Trinajstić information content (AvgIpc) is 2.78. The van der Waals surface area contributed by atoms with E-state index in [1.165, 1.54) is 12.1 Å². The number of carboxylic acid groups (broad SMARTS) is 1. The van der Waals surface area contributed by atoms with Crippen LogP contribution in [-0.4, -0.2) is 61.0 Å². The molecule has 0 spiro atoms. The number of carbonyl (C=O) groups excluding carboxylic acids is 1. The SMILES string of the molecule is CC(C)(C)OC(=O)NCCCC(Cc1ccccc1)N(CC(=O)O)S(=O)(=O)c1ccccc1OC(F)(F)F. The molecule has 0 heterocycles. The van der Waals surface area contributed by atoms with Gasteiger partial charge in [0.25, 0.3) is 0 Å². The number of amides is 1. The first-order valence-corrected chi connectivity index (χ1v) is 13.1. The van der Waals surface area contributed by atoms with Gasteiger partial charge in [-0.2, -0.15) is 4.31 Å². The summed E-state index contributed by atoms with van der Waals surface area (Å²) in [6.45, 7) is 4.17. The number of carbonyl (C=O) groups is 2. The van der Waals surface area contributed by atoms with Crippen LogP contribution in [0.5, 0.6) is 5.75 Å². The number of hydrogen-bond donors (Lipinski definition) is 2. The molecular weight excluding hydrogens is 529 g/mol. The Bertz CT molecular complexity index is 1180. The second kappa shape index (κ2) is 13.0. The number of halogens is 3. The minimum atomic E-state index is -5.17. The molecule has 0 fully saturated rings. The molecule has 38 heavy (non-hydrogen) atoms. The minimum absolute atomic E-state index is 0.0715. The number of alkyl carbamates (subject to hydrolysis) is 1. The minimum Gasteiger partial charge on any atom is -0.480 e. The van der Waals surface area contributed by atoms with Crippen LogP contribution in [0, 0.1) is 0 Å². The van der Waals surface area contributed by atoms with Crippen molar-refractivity contribution in [2.75, 3.05) is 13.1 Å². The molecule has 0 saturated heterocycles. The fourth-order valence-corrected chi connectivity index (χ4v) is 5.34. The van der Waals surface area contributed by atoms with Crippen LogP contribution in [0.15, 0.2) is 59.5 Å². The lowest BCUT2D eigenvalue weighted by Crippen LogP contribution is -2.45. The monoisotopic (exact) mass is 560 g/mol. The third-order valence-electron chi connectivity index (χ3n) is 5.06. The van der Waals surface area contributed by atoms with Gasteiger partial charge in [0, 0.05) is 12.6 Å². The van der Waals surface area contributed by atoms with Gasteiger partial charge in [0.1, 0.15) is 22.8 Å². The van der Waals surface area contributed by atoms with Gasteiger partial charge < -0.3 is 19.9 Å². The Labute approximate surface area is 219 Å². The van der Waals surface area contributed by atoms with Gasteiger partial charge in [0.05, 0.1) is 0 Å². The first-order chi connectivity index (χ1) is 17.6. The average molecular weight is 561 g/mol. The van der Waals surface area contributed by atoms with E-state index >= 15 is 0 Å². The van der Waals surface area contributed by atoms with E-state index in [1.807, 2.05) is 0 Å². The summed E-state index contributed by atoms with van der Waals surface area (Å²) in [6.07, 6.45) is -5.46. The molecule has 9 nitrogen and oxygen atoms in total. The first kappa shape index (κ1) is 30.9. The van der Waals surface area contributed by atoms with Gasteiger partial charge in [-0.1, -0.05) is 42.5 Å². The normalized spacial score (nSPS) is 13.1. The van der Waals surface area contributed by atoms with E-state index in [-0.39, 0.29) is 25.8 Å². The van der Waals surface area contributed by atoms with Crippen molar-refractivity contribution in [1.82, 2.24) is 9.62 Å². The Morgan fingerprint density at radius 1 is 1.03 bits per heavy atom. The highest BCUT2D eigenvalue weighted by atomic mass is 32.2. The summed E-state index contributed by atoms with van der Waals surface area (Å²) in [7, 11) is -4.78. The molecule has 0 bridgehead atoms. The lowest BCUT2D eigenvalue weighted by molar-refractivity contribution is -0.275. The highest BCUT2D eigenvalue weighted by Gasteiger charge is 2.38. The number of aliphatic carboxylic acids is 1. The Hall–Kier alpha value is -3.32. The van der Waals surface area contributed by atoms with Crippen molar-refractivity contribution in [2.24, 2.45) is 0 Å². The zero-order chi connectivity index (χ0) is 28.6. The quantitative estimate of drug-likeness (QED) is 0.365. The van der Waals surface area contributed by atoms with Gasteiger partial charge in [-0.3, -0.25) is 4.79 Å². The molecule has 0 saturated carbocycles. The fourth-order valence-electron chi connectivity index (χ4n) is 3.62. The van der Waals surface area contributed by atoms with Crippen LogP contribution in [0.4, 0.5) is 18.0 Å². The second-order valence-corrected chi connectivity index (χ2v) is 11.2. The third-order valence-corrected chi connectivity index (χ3v) is 6.99. The number of carboxylic acids is 1. The summed E-state index contributed by atoms with van der Waals surface area (Å²) in [5.74, 6) is -2.46. The molecule has 1 amide bonds. The third kappa shape index (κ3) is 10.2. The summed E-state index contributed by atoms with van der Waals surface area (Å²) in [4.78, 5) is 22.8. The van der Waals surface area contributed by atoms with Crippen LogP contribution in [0.1, 0.15) is 39.2 Å². The van der Waals surface area contributed by atoms with E-state index in [9.17, 15) is 36.3 Å². The largest absolute Gasteiger partial charge is 0.573 e. The number of rotatable bonds is 12. The van der Waals surface area contributed by atoms with Crippen LogP contribution < -0.4 is 10.1 Å². The van der Waals surface area contributed by atoms with Crippen molar-refractivity contribution < 1.29 is 45.8 Å². The van der Waals surface area contributed by atoms with Crippen molar-refractivity contribution >= 4 is 22.1 Å². The Morgan fingerprint density at radius 3 is 2.21 bits per heavy atom. The van der Waals surface area contributed by atoms with Crippen LogP contribution in [-0.2, 0) is 26.0 Å².